The third kappa shape index (κ3) is 5.59. The molecule has 3 rings (SSSR count). The zero-order valence-electron chi connectivity index (χ0n) is 15.8. The highest BCUT2D eigenvalue weighted by Gasteiger charge is 2.23. The topological polar surface area (TPSA) is 110 Å². The minimum Gasteiger partial charge on any atom is -0.492 e. The van der Waals surface area contributed by atoms with Gasteiger partial charge in [0.1, 0.15) is 12.4 Å². The zero-order valence-corrected chi connectivity index (χ0v) is 17.5. The van der Waals surface area contributed by atoms with Gasteiger partial charge in [0.25, 0.3) is 15.9 Å². The van der Waals surface area contributed by atoms with Crippen molar-refractivity contribution in [3.63, 3.8) is 0 Å². The van der Waals surface area contributed by atoms with E-state index in [0.717, 1.165) is 16.9 Å². The lowest BCUT2D eigenvalue weighted by atomic mass is 10.1. The van der Waals surface area contributed by atoms with Gasteiger partial charge in [-0.25, -0.2) is 13.1 Å². The number of aryl methyl sites for hydroxylation is 1. The van der Waals surface area contributed by atoms with Gasteiger partial charge in [0, 0.05) is 5.56 Å². The molecule has 1 atom stereocenters. The summed E-state index contributed by atoms with van der Waals surface area (Å²) in [4.78, 5) is 12.3. The summed E-state index contributed by atoms with van der Waals surface area (Å²) in [6, 6.07) is 15.7. The van der Waals surface area contributed by atoms with E-state index < -0.39 is 16.1 Å². The highest BCUT2D eigenvalue weighted by molar-refractivity contribution is 7.91. The monoisotopic (exact) mass is 432 g/mol. The van der Waals surface area contributed by atoms with Crippen molar-refractivity contribution >= 4 is 32.4 Å². The van der Waals surface area contributed by atoms with E-state index in [4.69, 9.17) is 4.74 Å². The van der Waals surface area contributed by atoms with Gasteiger partial charge in [0.15, 0.2) is 0 Å². The SMILES string of the molecule is Cc1ccccc1C(=O)Nc1nnc(S(=O)(=O)N[C@@H](C)COc2ccccc2)s1. The molecule has 1 amide bonds. The van der Waals surface area contributed by atoms with Crippen LogP contribution in [0, 0.1) is 6.92 Å². The van der Waals surface area contributed by atoms with Crippen molar-refractivity contribution in [3.8, 4) is 5.75 Å². The largest absolute Gasteiger partial charge is 0.492 e. The number of ether oxygens (including phenoxy) is 1. The Morgan fingerprint density at radius 2 is 1.79 bits per heavy atom. The number of sulfonamides is 1. The molecule has 0 fully saturated rings. The van der Waals surface area contributed by atoms with Gasteiger partial charge in [0.05, 0.1) is 6.04 Å². The fourth-order valence-corrected chi connectivity index (χ4v) is 4.59. The molecule has 0 unspecified atom stereocenters. The van der Waals surface area contributed by atoms with Gasteiger partial charge in [-0.2, -0.15) is 0 Å². The first kappa shape index (κ1) is 20.9. The number of hydrogen-bond acceptors (Lipinski definition) is 7. The van der Waals surface area contributed by atoms with Gasteiger partial charge < -0.3 is 4.74 Å². The van der Waals surface area contributed by atoms with Gasteiger partial charge in [-0.05, 0) is 37.6 Å². The Morgan fingerprint density at radius 1 is 1.10 bits per heavy atom. The Morgan fingerprint density at radius 3 is 2.52 bits per heavy atom. The second kappa shape index (κ2) is 9.12. The van der Waals surface area contributed by atoms with Gasteiger partial charge in [0.2, 0.25) is 9.47 Å². The number of amides is 1. The molecule has 0 aliphatic rings. The number of hydrogen-bond donors (Lipinski definition) is 2. The molecule has 0 bridgehead atoms. The maximum Gasteiger partial charge on any atom is 0.270 e. The number of para-hydroxylation sites is 1. The first-order chi connectivity index (χ1) is 13.8. The maximum absolute atomic E-state index is 12.5. The number of carbonyl (C=O) groups is 1. The molecule has 2 aromatic carbocycles. The molecule has 0 aliphatic carbocycles. The van der Waals surface area contributed by atoms with Crippen LogP contribution in [0.25, 0.3) is 0 Å². The van der Waals surface area contributed by atoms with Crippen molar-refractivity contribution < 1.29 is 17.9 Å². The average Bonchev–Trinajstić information content (AvgIpc) is 3.17. The number of anilines is 1. The number of benzene rings is 2. The maximum atomic E-state index is 12.5. The first-order valence-electron chi connectivity index (χ1n) is 8.76. The molecule has 2 N–H and O–H groups in total. The standard InChI is InChI=1S/C19H20N4O4S2/c1-13-8-6-7-11-16(13)17(24)20-18-21-22-19(28-18)29(25,26)23-14(2)12-27-15-9-4-3-5-10-15/h3-11,14,23H,12H2,1-2H3,(H,20,21,24)/t14-/m0/s1. The minimum atomic E-state index is -3.89. The molecule has 0 saturated heterocycles. The second-order valence-corrected chi connectivity index (χ2v) is 9.15. The van der Waals surface area contributed by atoms with Crippen molar-refractivity contribution in [1.82, 2.24) is 14.9 Å². The van der Waals surface area contributed by atoms with E-state index in [2.05, 4.69) is 20.2 Å². The van der Waals surface area contributed by atoms with Crippen LogP contribution in [0.2, 0.25) is 0 Å². The Labute approximate surface area is 173 Å². The summed E-state index contributed by atoms with van der Waals surface area (Å²) in [5.41, 5.74) is 1.29. The minimum absolute atomic E-state index is 0.104. The molecule has 0 radical (unpaired) electrons. The quantitative estimate of drug-likeness (QED) is 0.530. The molecule has 0 saturated carbocycles. The van der Waals surface area contributed by atoms with Gasteiger partial charge in [-0.1, -0.05) is 47.7 Å². The van der Waals surface area contributed by atoms with Crippen LogP contribution in [0.1, 0.15) is 22.8 Å². The Bertz CT molecular complexity index is 1080. The van der Waals surface area contributed by atoms with Crippen LogP contribution < -0.4 is 14.8 Å². The Hall–Kier alpha value is -2.82. The number of nitrogens with zero attached hydrogens (tertiary/aromatic N) is 2. The van der Waals surface area contributed by atoms with Crippen LogP contribution in [0.3, 0.4) is 0 Å². The predicted octanol–water partition coefficient (Wildman–Crippen LogP) is 2.84. The van der Waals surface area contributed by atoms with Gasteiger partial charge in [-0.15, -0.1) is 10.2 Å². The number of nitrogens with one attached hydrogen (secondary N) is 2. The average molecular weight is 433 g/mol. The van der Waals surface area contributed by atoms with Crippen molar-refractivity contribution in [3.05, 3.63) is 65.7 Å². The Kier molecular flexibility index (Phi) is 6.57. The summed E-state index contributed by atoms with van der Waals surface area (Å²) in [6.07, 6.45) is 0. The van der Waals surface area contributed by atoms with Crippen molar-refractivity contribution in [2.45, 2.75) is 24.2 Å². The number of aromatic nitrogens is 2. The summed E-state index contributed by atoms with van der Waals surface area (Å²) < 4.78 is 32.8. The number of rotatable bonds is 8. The van der Waals surface area contributed by atoms with Crippen LogP contribution in [0.4, 0.5) is 5.13 Å². The third-order valence-electron chi connectivity index (χ3n) is 3.85. The zero-order chi connectivity index (χ0) is 20.9. The highest BCUT2D eigenvalue weighted by Crippen LogP contribution is 2.21. The van der Waals surface area contributed by atoms with E-state index in [1.807, 2.05) is 37.3 Å². The van der Waals surface area contributed by atoms with Crippen LogP contribution in [-0.4, -0.2) is 37.2 Å². The molecule has 8 nitrogen and oxygen atoms in total. The summed E-state index contributed by atoms with van der Waals surface area (Å²) in [7, 11) is -3.89. The summed E-state index contributed by atoms with van der Waals surface area (Å²) in [6.45, 7) is 3.65. The predicted molar refractivity (Wildman–Crippen MR) is 111 cm³/mol. The fraction of sp³-hybridized carbons (Fsp3) is 0.211. The van der Waals surface area contributed by atoms with E-state index in [1.54, 1.807) is 31.2 Å². The Balaban J connectivity index is 1.61. The lowest BCUT2D eigenvalue weighted by Gasteiger charge is -2.13. The first-order valence-corrected chi connectivity index (χ1v) is 11.1. The van der Waals surface area contributed by atoms with E-state index in [0.29, 0.717) is 11.3 Å². The van der Waals surface area contributed by atoms with Crippen LogP contribution in [-0.2, 0) is 10.0 Å². The molecule has 3 aromatic rings. The summed E-state index contributed by atoms with van der Waals surface area (Å²) in [5.74, 6) is 0.274. The lowest BCUT2D eigenvalue weighted by molar-refractivity contribution is 0.102. The number of carbonyl (C=O) groups excluding carboxylic acids is 1. The molecule has 10 heteroatoms. The van der Waals surface area contributed by atoms with Crippen LogP contribution >= 0.6 is 11.3 Å². The van der Waals surface area contributed by atoms with Crippen LogP contribution in [0.15, 0.2) is 58.9 Å². The summed E-state index contributed by atoms with van der Waals surface area (Å²) >= 11 is 0.780. The normalized spacial score (nSPS) is 12.3. The molecule has 1 aromatic heterocycles. The molecule has 1 heterocycles. The molecular weight excluding hydrogens is 412 g/mol. The fourth-order valence-electron chi connectivity index (χ4n) is 2.45. The molecule has 152 valence electrons. The van der Waals surface area contributed by atoms with Crippen LogP contribution in [0.5, 0.6) is 5.75 Å². The van der Waals surface area contributed by atoms with E-state index in [-0.39, 0.29) is 22.0 Å². The van der Waals surface area contributed by atoms with Crippen molar-refractivity contribution in [1.29, 1.82) is 0 Å². The van der Waals surface area contributed by atoms with E-state index >= 15 is 0 Å². The van der Waals surface area contributed by atoms with Gasteiger partial charge in [-0.3, -0.25) is 10.1 Å². The van der Waals surface area contributed by atoms with E-state index in [9.17, 15) is 13.2 Å². The van der Waals surface area contributed by atoms with E-state index in [1.165, 1.54) is 0 Å². The second-order valence-electron chi connectivity index (χ2n) is 6.29. The summed E-state index contributed by atoms with van der Waals surface area (Å²) in [5, 5.41) is 10.1. The molecule has 0 spiro atoms. The van der Waals surface area contributed by atoms with Crippen molar-refractivity contribution in [2.75, 3.05) is 11.9 Å². The smallest absolute Gasteiger partial charge is 0.270 e. The highest BCUT2D eigenvalue weighted by atomic mass is 32.2. The third-order valence-corrected chi connectivity index (χ3v) is 6.64. The van der Waals surface area contributed by atoms with Gasteiger partial charge >= 0.3 is 0 Å². The molecule has 0 aliphatic heterocycles. The lowest BCUT2D eigenvalue weighted by Crippen LogP contribution is -2.36. The molecular formula is C19H20N4O4S2. The van der Waals surface area contributed by atoms with Crippen molar-refractivity contribution in [2.24, 2.45) is 0 Å². The molecule has 29 heavy (non-hydrogen) atoms.